The number of nitrogens with zero attached hydrogens (tertiary/aromatic N) is 2. The summed E-state index contributed by atoms with van der Waals surface area (Å²) in [6.45, 7) is 0. The molecule has 13 heteroatoms. The zero-order valence-electron chi connectivity index (χ0n) is 21.8. The maximum atomic E-state index is 14.1. The molecule has 0 spiro atoms. The molecule has 7 atom stereocenters. The summed E-state index contributed by atoms with van der Waals surface area (Å²) in [5, 5.41) is 45.6. The van der Waals surface area contributed by atoms with Crippen LogP contribution in [0.2, 0.25) is 0 Å². The van der Waals surface area contributed by atoms with Gasteiger partial charge in [-0.25, -0.2) is 0 Å². The van der Waals surface area contributed by atoms with Crippen LogP contribution in [0.3, 0.4) is 0 Å². The number of nitro groups is 1. The Labute approximate surface area is 232 Å². The summed E-state index contributed by atoms with van der Waals surface area (Å²) >= 11 is 0. The first-order valence-corrected chi connectivity index (χ1v) is 12.5. The number of nitrogens with two attached hydrogens (primary N) is 1. The zero-order chi connectivity index (χ0) is 30.1. The lowest BCUT2D eigenvalue weighted by atomic mass is 9.50. The summed E-state index contributed by atoms with van der Waals surface area (Å²) in [7, 11) is 2.78. The Hall–Kier alpha value is -4.59. The second-order valence-corrected chi connectivity index (χ2v) is 10.7. The molecule has 2 unspecified atom stereocenters. The monoisotopic (exact) mass is 563 g/mol. The molecular weight excluding hydrogens is 538 g/mol. The van der Waals surface area contributed by atoms with Crippen molar-refractivity contribution in [3.05, 3.63) is 69.3 Å². The first-order valence-electron chi connectivity index (χ1n) is 12.5. The van der Waals surface area contributed by atoms with E-state index in [0.717, 1.165) is 0 Å². The molecule has 3 aliphatic rings. The van der Waals surface area contributed by atoms with Gasteiger partial charge in [-0.15, -0.1) is 0 Å². The molecule has 0 radical (unpaired) electrons. The average molecular weight is 564 g/mol. The van der Waals surface area contributed by atoms with Crippen LogP contribution in [0.4, 0.5) is 5.69 Å². The van der Waals surface area contributed by atoms with Crippen molar-refractivity contribution in [1.29, 1.82) is 0 Å². The molecule has 13 nitrogen and oxygen atoms in total. The second kappa shape index (κ2) is 9.51. The van der Waals surface area contributed by atoms with Gasteiger partial charge in [0.1, 0.15) is 5.75 Å². The molecule has 0 aliphatic heterocycles. The molecule has 2 aromatic carbocycles. The second-order valence-electron chi connectivity index (χ2n) is 10.7. The number of phenols is 1. The summed E-state index contributed by atoms with van der Waals surface area (Å²) < 4.78 is 0. The van der Waals surface area contributed by atoms with Gasteiger partial charge < -0.3 is 21.1 Å². The highest BCUT2D eigenvalue weighted by atomic mass is 16.6. The lowest BCUT2D eigenvalue weighted by Crippen LogP contribution is -2.77. The Morgan fingerprint density at radius 3 is 2.37 bits per heavy atom. The number of rotatable bonds is 4. The molecule has 0 aromatic heterocycles. The largest absolute Gasteiger partial charge is 0.507 e. The number of non-ortho nitro benzene ring substituents is 1. The van der Waals surface area contributed by atoms with Crippen LogP contribution < -0.4 is 5.73 Å². The van der Waals surface area contributed by atoms with Crippen LogP contribution in [-0.2, 0) is 19.2 Å². The Morgan fingerprint density at radius 2 is 1.76 bits per heavy atom. The van der Waals surface area contributed by atoms with Crippen molar-refractivity contribution in [2.75, 3.05) is 14.1 Å². The highest BCUT2D eigenvalue weighted by Crippen LogP contribution is 2.54. The molecule has 5 rings (SSSR count). The minimum Gasteiger partial charge on any atom is -0.507 e. The molecule has 41 heavy (non-hydrogen) atoms. The zero-order valence-corrected chi connectivity index (χ0v) is 21.8. The van der Waals surface area contributed by atoms with E-state index in [0.29, 0.717) is 0 Å². The molecule has 2 fully saturated rings. The predicted molar refractivity (Wildman–Crippen MR) is 140 cm³/mol. The third-order valence-electron chi connectivity index (χ3n) is 8.28. The third kappa shape index (κ3) is 3.84. The van der Waals surface area contributed by atoms with E-state index in [2.05, 4.69) is 0 Å². The molecule has 3 aliphatic carbocycles. The Kier molecular flexibility index (Phi) is 6.48. The summed E-state index contributed by atoms with van der Waals surface area (Å²) in [5.74, 6) is -14.2. The number of carbonyl (C=O) groups is 5. The van der Waals surface area contributed by atoms with Gasteiger partial charge in [-0.2, -0.15) is 0 Å². The van der Waals surface area contributed by atoms with Crippen LogP contribution >= 0.6 is 0 Å². The first kappa shape index (κ1) is 28.0. The van der Waals surface area contributed by atoms with Crippen LogP contribution in [0, 0.1) is 33.8 Å². The number of fused-ring (bicyclic) bond motifs is 3. The van der Waals surface area contributed by atoms with E-state index >= 15 is 0 Å². The van der Waals surface area contributed by atoms with E-state index in [1.807, 2.05) is 0 Å². The van der Waals surface area contributed by atoms with Gasteiger partial charge in [-0.05, 0) is 36.9 Å². The molecule has 2 aromatic rings. The maximum Gasteiger partial charge on any atom is 0.270 e. The molecule has 0 heterocycles. The number of aliphatic hydroxyl groups excluding tert-OH is 1. The van der Waals surface area contributed by atoms with E-state index in [9.17, 15) is 49.4 Å². The smallest absolute Gasteiger partial charge is 0.270 e. The topological polar surface area (TPSA) is 218 Å². The fourth-order valence-electron chi connectivity index (χ4n) is 6.58. The van der Waals surface area contributed by atoms with Gasteiger partial charge in [0.15, 0.2) is 34.7 Å². The molecule has 0 saturated heterocycles. The first-order chi connectivity index (χ1) is 19.2. The number of hydrogen-bond donors (Lipinski definition) is 4. The van der Waals surface area contributed by atoms with Crippen LogP contribution in [0.1, 0.15) is 21.5 Å². The Bertz CT molecular complexity index is 1600. The number of ketones is 4. The number of benzene rings is 2. The predicted octanol–water partition coefficient (Wildman–Crippen LogP) is -0.256. The number of hydrogen-bond acceptors (Lipinski definition) is 11. The van der Waals surface area contributed by atoms with Gasteiger partial charge in [0.2, 0.25) is 5.91 Å². The average Bonchev–Trinajstić information content (AvgIpc) is 2.90. The van der Waals surface area contributed by atoms with E-state index in [4.69, 9.17) is 5.73 Å². The van der Waals surface area contributed by atoms with Gasteiger partial charge in [0.25, 0.3) is 5.69 Å². The van der Waals surface area contributed by atoms with E-state index in [-0.39, 0.29) is 28.0 Å². The summed E-state index contributed by atoms with van der Waals surface area (Å²) in [6.07, 6.45) is -0.485. The minimum absolute atomic E-state index is 0.110. The van der Waals surface area contributed by atoms with Crippen LogP contribution in [0.15, 0.2) is 42.5 Å². The number of carbonyl (C=O) groups excluding carboxylic acids is 5. The summed E-state index contributed by atoms with van der Waals surface area (Å²) in [6, 6.07) is 7.93. The lowest BCUT2D eigenvalue weighted by molar-refractivity contribution is -0.384. The lowest BCUT2D eigenvalue weighted by Gasteiger charge is -2.55. The number of Topliss-reactive ketones (excluding diaryl/α,β-unsaturated/α-hetero) is 4. The van der Waals surface area contributed by atoms with E-state index < -0.39 is 81.1 Å². The van der Waals surface area contributed by atoms with Crippen molar-refractivity contribution in [1.82, 2.24) is 4.90 Å². The maximum absolute atomic E-state index is 14.1. The highest BCUT2D eigenvalue weighted by Gasteiger charge is 2.72. The molecular formula is C28H25N3O10. The number of aliphatic hydroxyl groups is 2. The van der Waals surface area contributed by atoms with E-state index in [1.54, 1.807) is 0 Å². The molecule has 2 saturated carbocycles. The minimum atomic E-state index is -3.14. The quantitative estimate of drug-likeness (QED) is 0.216. The van der Waals surface area contributed by atoms with Crippen molar-refractivity contribution in [2.45, 2.75) is 17.7 Å². The highest BCUT2D eigenvalue weighted by molar-refractivity contribution is 6.33. The third-order valence-corrected chi connectivity index (χ3v) is 8.28. The number of nitro benzene ring substituents is 1. The summed E-state index contributed by atoms with van der Waals surface area (Å²) in [4.78, 5) is 78.8. The van der Waals surface area contributed by atoms with Gasteiger partial charge in [-0.3, -0.25) is 39.0 Å². The summed E-state index contributed by atoms with van der Waals surface area (Å²) in [5.41, 5.74) is 2.07. The van der Waals surface area contributed by atoms with Crippen molar-refractivity contribution >= 4 is 46.4 Å². The fraction of sp³-hybridized carbons (Fsp3) is 0.321. The number of phenolic OH excluding ortho intramolecular Hbond substituents is 1. The van der Waals surface area contributed by atoms with Crippen LogP contribution in [0.5, 0.6) is 5.75 Å². The fourth-order valence-corrected chi connectivity index (χ4v) is 6.58. The number of likely N-dealkylation sites (N-methyl/N-ethyl adjacent to an activating group) is 1. The SMILES string of the molecule is CN(C)[C@@H]1C(=O)C(C(N)=O)C(=O)[C@@]2(O)C(=O)C3C(=O)c4c(O)cccc4/C(=C\c4cccc([N+](=O)[O-])c4)[C@H]3[C@H](O)[C@@H]12. The Morgan fingerprint density at radius 1 is 1.10 bits per heavy atom. The van der Waals surface area contributed by atoms with Crippen molar-refractivity contribution in [3.8, 4) is 5.75 Å². The molecule has 0 bridgehead atoms. The Balaban J connectivity index is 1.80. The van der Waals surface area contributed by atoms with Crippen molar-refractivity contribution in [3.63, 3.8) is 0 Å². The molecule has 5 N–H and O–H groups in total. The van der Waals surface area contributed by atoms with Gasteiger partial charge in [0, 0.05) is 18.1 Å². The number of amides is 1. The van der Waals surface area contributed by atoms with Gasteiger partial charge >= 0.3 is 0 Å². The van der Waals surface area contributed by atoms with Gasteiger partial charge in [-0.1, -0.05) is 30.3 Å². The van der Waals surface area contributed by atoms with E-state index in [1.165, 1.54) is 67.5 Å². The molecule has 1 amide bonds. The van der Waals surface area contributed by atoms with Gasteiger partial charge in [0.05, 0.1) is 34.5 Å². The number of primary amides is 1. The standard InChI is InChI=1S/C28H25N3O10/c1-30(2)21-20-23(34)17-14(10-11-5-3-6-12(9-11)31(40)41)13-7-4-8-15(32)16(13)22(33)18(17)25(36)28(20,39)26(37)19(24(21)35)27(29)38/h3-10,17-21,23,32,34,39H,1-2H3,(H2,29,38)/b14-10+/t17-,18?,19?,20-,21+,23+,28+/m1/s1. The normalized spacial score (nSPS) is 32.0. The van der Waals surface area contributed by atoms with Crippen molar-refractivity contribution < 1.29 is 44.2 Å². The van der Waals surface area contributed by atoms with Crippen LogP contribution in [0.25, 0.3) is 11.6 Å². The van der Waals surface area contributed by atoms with Crippen LogP contribution in [-0.4, -0.2) is 86.0 Å². The van der Waals surface area contributed by atoms with Crippen molar-refractivity contribution in [2.24, 2.45) is 29.4 Å². The molecule has 212 valence electrons. The number of aromatic hydroxyl groups is 1.